The second-order valence-corrected chi connectivity index (χ2v) is 7.17. The Balaban J connectivity index is 2.62. The zero-order chi connectivity index (χ0) is 11.7. The van der Waals surface area contributed by atoms with E-state index in [1.807, 2.05) is 16.7 Å². The zero-order valence-electron chi connectivity index (χ0n) is 10.2. The molecule has 0 bridgehead atoms. The maximum atomic E-state index is 12.0. The van der Waals surface area contributed by atoms with E-state index in [2.05, 4.69) is 13.8 Å². The molecule has 3 nitrogen and oxygen atoms in total. The molecule has 1 aliphatic heterocycles. The molecule has 0 aliphatic carbocycles. The van der Waals surface area contributed by atoms with Crippen LogP contribution in [0.2, 0.25) is 0 Å². The molecule has 2 N–H and O–H groups in total. The van der Waals surface area contributed by atoms with Crippen molar-refractivity contribution >= 4 is 17.7 Å². The molecule has 0 aromatic heterocycles. The van der Waals surface area contributed by atoms with Crippen LogP contribution in [-0.4, -0.2) is 39.9 Å². The summed E-state index contributed by atoms with van der Waals surface area (Å²) in [5, 5.41) is 0. The summed E-state index contributed by atoms with van der Waals surface area (Å²) < 4.78 is 0.285. The van der Waals surface area contributed by atoms with Crippen LogP contribution in [0.3, 0.4) is 0 Å². The third-order valence-corrected chi connectivity index (χ3v) is 4.05. The van der Waals surface area contributed by atoms with Gasteiger partial charge in [0.05, 0.1) is 5.54 Å². The molecular formula is C11H22N2OS. The molecule has 0 atom stereocenters. The van der Waals surface area contributed by atoms with Gasteiger partial charge < -0.3 is 10.6 Å². The minimum atomic E-state index is -0.737. The van der Waals surface area contributed by atoms with Gasteiger partial charge in [-0.3, -0.25) is 4.79 Å². The van der Waals surface area contributed by atoms with Crippen LogP contribution in [0, 0.1) is 0 Å². The van der Waals surface area contributed by atoms with E-state index in [1.165, 1.54) is 0 Å². The lowest BCUT2D eigenvalue weighted by molar-refractivity contribution is -0.135. The van der Waals surface area contributed by atoms with E-state index in [9.17, 15) is 4.79 Å². The number of thioether (sulfide) groups is 1. The molecule has 4 heteroatoms. The lowest BCUT2D eigenvalue weighted by Crippen LogP contribution is -2.51. The average molecular weight is 230 g/mol. The summed E-state index contributed by atoms with van der Waals surface area (Å²) in [6, 6.07) is 0. The third-order valence-electron chi connectivity index (χ3n) is 2.68. The van der Waals surface area contributed by atoms with Crippen molar-refractivity contribution in [3.8, 4) is 0 Å². The molecule has 88 valence electrons. The standard InChI is InChI=1S/C11H22N2OS/c1-10(2)5-6-13(7-8-15-10)9(14)11(3,4)12/h5-8,12H2,1-4H3. The Kier molecular flexibility index (Phi) is 3.71. The normalized spacial score (nSPS) is 22.3. The van der Waals surface area contributed by atoms with Gasteiger partial charge in [0.1, 0.15) is 0 Å². The molecule has 1 amide bonds. The monoisotopic (exact) mass is 230 g/mol. The molecule has 0 unspecified atom stereocenters. The van der Waals surface area contributed by atoms with Crippen molar-refractivity contribution < 1.29 is 4.79 Å². The van der Waals surface area contributed by atoms with Crippen molar-refractivity contribution in [3.63, 3.8) is 0 Å². The van der Waals surface area contributed by atoms with E-state index in [4.69, 9.17) is 5.73 Å². The van der Waals surface area contributed by atoms with Crippen LogP contribution in [0.4, 0.5) is 0 Å². The van der Waals surface area contributed by atoms with Crippen molar-refractivity contribution in [2.24, 2.45) is 5.73 Å². The summed E-state index contributed by atoms with van der Waals surface area (Å²) in [7, 11) is 0. The third kappa shape index (κ3) is 3.68. The number of carbonyl (C=O) groups excluding carboxylic acids is 1. The van der Waals surface area contributed by atoms with Gasteiger partial charge in [-0.1, -0.05) is 13.8 Å². The number of nitrogens with two attached hydrogens (primary N) is 1. The van der Waals surface area contributed by atoms with Crippen LogP contribution in [0.5, 0.6) is 0 Å². The number of amides is 1. The Bertz CT molecular complexity index is 245. The van der Waals surface area contributed by atoms with Crippen molar-refractivity contribution in [1.82, 2.24) is 4.90 Å². The highest BCUT2D eigenvalue weighted by Crippen LogP contribution is 2.31. The van der Waals surface area contributed by atoms with Crippen LogP contribution in [-0.2, 0) is 4.79 Å². The molecule has 15 heavy (non-hydrogen) atoms. The average Bonchev–Trinajstić information content (AvgIpc) is 2.23. The first-order chi connectivity index (χ1) is 6.72. The highest BCUT2D eigenvalue weighted by molar-refractivity contribution is 8.00. The van der Waals surface area contributed by atoms with E-state index in [1.54, 1.807) is 13.8 Å². The molecule has 0 saturated carbocycles. The van der Waals surface area contributed by atoms with Gasteiger partial charge in [0.15, 0.2) is 0 Å². The van der Waals surface area contributed by atoms with Crippen LogP contribution in [0.25, 0.3) is 0 Å². The molecule has 1 fully saturated rings. The summed E-state index contributed by atoms with van der Waals surface area (Å²) in [6.45, 7) is 9.68. The summed E-state index contributed by atoms with van der Waals surface area (Å²) in [5.41, 5.74) is 5.09. The van der Waals surface area contributed by atoms with Gasteiger partial charge in [0.25, 0.3) is 0 Å². The Morgan fingerprint density at radius 2 is 2.00 bits per heavy atom. The SMILES string of the molecule is CC1(C)CCN(C(=O)C(C)(C)N)CCS1. The predicted molar refractivity (Wildman–Crippen MR) is 66.0 cm³/mol. The van der Waals surface area contributed by atoms with Crippen LogP contribution >= 0.6 is 11.8 Å². The highest BCUT2D eigenvalue weighted by atomic mass is 32.2. The Labute approximate surface area is 96.8 Å². The van der Waals surface area contributed by atoms with Gasteiger partial charge in [0, 0.05) is 23.6 Å². The molecule has 1 saturated heterocycles. The van der Waals surface area contributed by atoms with Gasteiger partial charge in [-0.05, 0) is 20.3 Å². The second kappa shape index (κ2) is 4.34. The molecule has 0 aromatic rings. The van der Waals surface area contributed by atoms with E-state index in [0.29, 0.717) is 0 Å². The fourth-order valence-corrected chi connectivity index (χ4v) is 2.73. The molecule has 0 spiro atoms. The van der Waals surface area contributed by atoms with E-state index in [0.717, 1.165) is 25.3 Å². The minimum Gasteiger partial charge on any atom is -0.340 e. The summed E-state index contributed by atoms with van der Waals surface area (Å²) in [5.74, 6) is 1.08. The Hall–Kier alpha value is -0.220. The van der Waals surface area contributed by atoms with Crippen molar-refractivity contribution in [2.75, 3.05) is 18.8 Å². The molecule has 0 aromatic carbocycles. The zero-order valence-corrected chi connectivity index (χ0v) is 11.0. The lowest BCUT2D eigenvalue weighted by Gasteiger charge is -2.28. The van der Waals surface area contributed by atoms with Gasteiger partial charge >= 0.3 is 0 Å². The maximum absolute atomic E-state index is 12.0. The van der Waals surface area contributed by atoms with Crippen LogP contribution in [0.15, 0.2) is 0 Å². The van der Waals surface area contributed by atoms with Crippen LogP contribution < -0.4 is 5.73 Å². The number of carbonyl (C=O) groups is 1. The fraction of sp³-hybridized carbons (Fsp3) is 0.909. The number of hydrogen-bond acceptors (Lipinski definition) is 3. The van der Waals surface area contributed by atoms with Gasteiger partial charge in [-0.2, -0.15) is 11.8 Å². The van der Waals surface area contributed by atoms with Crippen LogP contribution in [0.1, 0.15) is 34.1 Å². The fourth-order valence-electron chi connectivity index (χ4n) is 1.63. The van der Waals surface area contributed by atoms with Gasteiger partial charge in [0.2, 0.25) is 5.91 Å². The van der Waals surface area contributed by atoms with Crippen molar-refractivity contribution in [2.45, 2.75) is 44.4 Å². The number of hydrogen-bond donors (Lipinski definition) is 1. The van der Waals surface area contributed by atoms with E-state index < -0.39 is 5.54 Å². The molecule has 1 rings (SSSR count). The molecular weight excluding hydrogens is 208 g/mol. The number of rotatable bonds is 1. The quantitative estimate of drug-likeness (QED) is 0.742. The Morgan fingerprint density at radius 3 is 2.53 bits per heavy atom. The van der Waals surface area contributed by atoms with E-state index >= 15 is 0 Å². The predicted octanol–water partition coefficient (Wildman–Crippen LogP) is 1.47. The van der Waals surface area contributed by atoms with E-state index in [-0.39, 0.29) is 10.7 Å². The molecule has 0 radical (unpaired) electrons. The lowest BCUT2D eigenvalue weighted by atomic mass is 10.0. The summed E-state index contributed by atoms with van der Waals surface area (Å²) in [6.07, 6.45) is 1.04. The topological polar surface area (TPSA) is 46.3 Å². The summed E-state index contributed by atoms with van der Waals surface area (Å²) in [4.78, 5) is 13.9. The summed E-state index contributed by atoms with van der Waals surface area (Å²) >= 11 is 1.94. The smallest absolute Gasteiger partial charge is 0.242 e. The molecule has 1 aliphatic rings. The maximum Gasteiger partial charge on any atom is 0.242 e. The molecule has 1 heterocycles. The van der Waals surface area contributed by atoms with Crippen molar-refractivity contribution in [1.29, 1.82) is 0 Å². The number of nitrogens with zero attached hydrogens (tertiary/aromatic N) is 1. The Morgan fingerprint density at radius 1 is 1.40 bits per heavy atom. The second-order valence-electron chi connectivity index (χ2n) is 5.37. The van der Waals surface area contributed by atoms with Gasteiger partial charge in [-0.25, -0.2) is 0 Å². The largest absolute Gasteiger partial charge is 0.340 e. The minimum absolute atomic E-state index is 0.0702. The van der Waals surface area contributed by atoms with Gasteiger partial charge in [-0.15, -0.1) is 0 Å². The first kappa shape index (κ1) is 12.8. The van der Waals surface area contributed by atoms with Crippen molar-refractivity contribution in [3.05, 3.63) is 0 Å². The first-order valence-corrected chi connectivity index (χ1v) is 6.43. The first-order valence-electron chi connectivity index (χ1n) is 5.45. The highest BCUT2D eigenvalue weighted by Gasteiger charge is 2.31.